The van der Waals surface area contributed by atoms with Gasteiger partial charge in [-0.1, -0.05) is 55.5 Å². The van der Waals surface area contributed by atoms with Crippen LogP contribution in [0, 0.1) is 0 Å². The molecule has 9 nitrogen and oxygen atoms in total. The molecule has 0 saturated carbocycles. The zero-order chi connectivity index (χ0) is 27.8. The third-order valence-corrected chi connectivity index (χ3v) is 6.11. The molecule has 5 atom stereocenters. The highest BCUT2D eigenvalue weighted by Crippen LogP contribution is 2.38. The summed E-state index contributed by atoms with van der Waals surface area (Å²) in [4.78, 5) is 47.7. The fourth-order valence-electron chi connectivity index (χ4n) is 4.51. The van der Waals surface area contributed by atoms with E-state index >= 15 is 0 Å². The van der Waals surface area contributed by atoms with Crippen LogP contribution in [0.2, 0.25) is 0 Å². The molecule has 1 heterocycles. The highest BCUT2D eigenvalue weighted by Gasteiger charge is 2.52. The summed E-state index contributed by atoms with van der Waals surface area (Å²) in [6.45, 7) is 6.69. The summed E-state index contributed by atoms with van der Waals surface area (Å²) in [7, 11) is 0. The fraction of sp³-hybridized carbons (Fsp3) is 0.448. The summed E-state index contributed by atoms with van der Waals surface area (Å²) in [5, 5.41) is 0. The summed E-state index contributed by atoms with van der Waals surface area (Å²) in [6.07, 6.45) is -3.80. The van der Waals surface area contributed by atoms with Crippen LogP contribution >= 0.6 is 0 Å². The molecule has 0 unspecified atom stereocenters. The molecule has 38 heavy (non-hydrogen) atoms. The van der Waals surface area contributed by atoms with Crippen LogP contribution in [-0.4, -0.2) is 54.9 Å². The van der Waals surface area contributed by atoms with Crippen molar-refractivity contribution >= 4 is 23.9 Å². The van der Waals surface area contributed by atoms with E-state index in [0.717, 1.165) is 17.5 Å². The molecule has 3 rings (SSSR count). The van der Waals surface area contributed by atoms with Crippen molar-refractivity contribution in [2.75, 3.05) is 6.61 Å². The van der Waals surface area contributed by atoms with Gasteiger partial charge < -0.3 is 23.7 Å². The van der Waals surface area contributed by atoms with E-state index in [1.54, 1.807) is 0 Å². The number of hydrogen-bond acceptors (Lipinski definition) is 9. The molecule has 0 amide bonds. The van der Waals surface area contributed by atoms with E-state index in [-0.39, 0.29) is 6.61 Å². The Balaban J connectivity index is 2.00. The predicted octanol–water partition coefficient (Wildman–Crippen LogP) is 3.64. The lowest BCUT2D eigenvalue weighted by atomic mass is 9.89. The highest BCUT2D eigenvalue weighted by atomic mass is 16.7. The number of aryl methyl sites for hydroxylation is 1. The molecule has 204 valence electrons. The number of ether oxygens (including phenoxy) is 5. The third-order valence-electron chi connectivity index (χ3n) is 6.11. The average Bonchev–Trinajstić information content (AvgIpc) is 2.85. The maximum Gasteiger partial charge on any atom is 0.303 e. The van der Waals surface area contributed by atoms with E-state index in [1.165, 1.54) is 33.3 Å². The second-order valence-electron chi connectivity index (χ2n) is 9.21. The number of rotatable bonds is 9. The van der Waals surface area contributed by atoms with Crippen LogP contribution in [0.15, 0.2) is 48.5 Å². The van der Waals surface area contributed by atoms with Crippen molar-refractivity contribution < 1.29 is 42.9 Å². The molecule has 1 aliphatic heterocycles. The summed E-state index contributed by atoms with van der Waals surface area (Å²) in [5.41, 5.74) is 4.02. The summed E-state index contributed by atoms with van der Waals surface area (Å²) < 4.78 is 28.0. The third kappa shape index (κ3) is 7.89. The van der Waals surface area contributed by atoms with Gasteiger partial charge in [0.2, 0.25) is 0 Å². The number of esters is 4. The van der Waals surface area contributed by atoms with Gasteiger partial charge in [0.05, 0.1) is 0 Å². The number of benzene rings is 2. The first-order chi connectivity index (χ1) is 18.1. The van der Waals surface area contributed by atoms with Gasteiger partial charge in [-0.2, -0.15) is 0 Å². The zero-order valence-electron chi connectivity index (χ0n) is 22.3. The highest BCUT2D eigenvalue weighted by molar-refractivity contribution is 5.69. The van der Waals surface area contributed by atoms with E-state index in [9.17, 15) is 19.2 Å². The van der Waals surface area contributed by atoms with Gasteiger partial charge in [0.15, 0.2) is 18.3 Å². The molecule has 0 bridgehead atoms. The zero-order valence-corrected chi connectivity index (χ0v) is 22.3. The van der Waals surface area contributed by atoms with E-state index in [0.29, 0.717) is 12.0 Å². The maximum absolute atomic E-state index is 12.1. The molecular weight excluding hydrogens is 492 g/mol. The van der Waals surface area contributed by atoms with Crippen molar-refractivity contribution in [3.63, 3.8) is 0 Å². The predicted molar refractivity (Wildman–Crippen MR) is 136 cm³/mol. The van der Waals surface area contributed by atoms with Gasteiger partial charge in [0, 0.05) is 27.7 Å². The van der Waals surface area contributed by atoms with Gasteiger partial charge in [-0.25, -0.2) is 0 Å². The van der Waals surface area contributed by atoms with Crippen LogP contribution in [0.1, 0.15) is 63.0 Å². The lowest BCUT2D eigenvalue weighted by Gasteiger charge is -2.44. The molecular formula is C29H34O9. The molecule has 0 aliphatic carbocycles. The van der Waals surface area contributed by atoms with Crippen molar-refractivity contribution in [2.24, 2.45) is 0 Å². The average molecular weight is 527 g/mol. The molecule has 0 N–H and O–H groups in total. The summed E-state index contributed by atoms with van der Waals surface area (Å²) >= 11 is 0. The topological polar surface area (TPSA) is 114 Å². The Bertz CT molecular complexity index is 1140. The van der Waals surface area contributed by atoms with Crippen LogP contribution < -0.4 is 0 Å². The van der Waals surface area contributed by atoms with Crippen LogP contribution in [0.3, 0.4) is 0 Å². The molecule has 0 aromatic heterocycles. The van der Waals surface area contributed by atoms with Crippen LogP contribution in [0.5, 0.6) is 0 Å². The van der Waals surface area contributed by atoms with Crippen LogP contribution in [0.25, 0.3) is 0 Å². The number of hydrogen-bond donors (Lipinski definition) is 0. The molecule has 9 heteroatoms. The van der Waals surface area contributed by atoms with Gasteiger partial charge in [0.25, 0.3) is 0 Å². The SMILES string of the molecule is CCc1ccc(Cc2cccc([C@@H]3O[C@H](COC(C)=O)[C@@H](OC(C)=O)[C@H](OC(C)=O)[C@H]3OC(C)=O)c2)cc1. The Hall–Kier alpha value is -3.72. The van der Waals surface area contributed by atoms with Crippen molar-refractivity contribution in [1.29, 1.82) is 0 Å². The fourth-order valence-corrected chi connectivity index (χ4v) is 4.51. The first-order valence-corrected chi connectivity index (χ1v) is 12.5. The van der Waals surface area contributed by atoms with Crippen LogP contribution in [-0.2, 0) is 55.7 Å². The van der Waals surface area contributed by atoms with Crippen molar-refractivity contribution in [3.05, 3.63) is 70.8 Å². The molecule has 2 aromatic carbocycles. The second kappa shape index (κ2) is 13.2. The second-order valence-corrected chi connectivity index (χ2v) is 9.21. The Morgan fingerprint density at radius 3 is 1.87 bits per heavy atom. The lowest BCUT2D eigenvalue weighted by molar-refractivity contribution is -0.254. The van der Waals surface area contributed by atoms with Gasteiger partial charge in [-0.3, -0.25) is 19.2 Å². The summed E-state index contributed by atoms with van der Waals surface area (Å²) in [6, 6.07) is 15.9. The smallest absolute Gasteiger partial charge is 0.303 e. The van der Waals surface area contributed by atoms with E-state index in [2.05, 4.69) is 31.2 Å². The first-order valence-electron chi connectivity index (χ1n) is 12.5. The molecule has 1 saturated heterocycles. The Kier molecular flexibility index (Phi) is 10.0. The molecule has 1 fully saturated rings. The number of carbonyl (C=O) groups excluding carboxylic acids is 4. The van der Waals surface area contributed by atoms with Gasteiger partial charge in [0.1, 0.15) is 18.8 Å². The molecule has 0 spiro atoms. The normalized spacial score (nSPS) is 22.7. The Labute approximate surface area is 222 Å². The van der Waals surface area contributed by atoms with Crippen molar-refractivity contribution in [2.45, 2.75) is 78.0 Å². The van der Waals surface area contributed by atoms with Gasteiger partial charge in [-0.05, 0) is 35.1 Å². The van der Waals surface area contributed by atoms with Crippen LogP contribution in [0.4, 0.5) is 0 Å². The van der Waals surface area contributed by atoms with E-state index in [1.807, 2.05) is 24.3 Å². The van der Waals surface area contributed by atoms with Gasteiger partial charge in [-0.15, -0.1) is 0 Å². The van der Waals surface area contributed by atoms with Crippen molar-refractivity contribution in [3.8, 4) is 0 Å². The van der Waals surface area contributed by atoms with E-state index in [4.69, 9.17) is 23.7 Å². The standard InChI is InChI=1S/C29H34O9/c1-6-21-10-12-22(13-11-21)14-23-8-7-9-24(15-23)26-28(36-19(4)32)29(37-20(5)33)27(35-18(3)31)25(38-26)16-34-17(2)30/h7-13,15,25-29H,6,14,16H2,1-5H3/t25-,26+,27-,28+,29+/m1/s1. The number of carbonyl (C=O) groups is 4. The van der Waals surface area contributed by atoms with E-state index < -0.39 is 54.4 Å². The minimum atomic E-state index is -1.20. The molecule has 0 radical (unpaired) electrons. The minimum absolute atomic E-state index is 0.266. The lowest BCUT2D eigenvalue weighted by Crippen LogP contribution is -2.59. The summed E-state index contributed by atoms with van der Waals surface area (Å²) in [5.74, 6) is -2.53. The Morgan fingerprint density at radius 1 is 0.711 bits per heavy atom. The first kappa shape index (κ1) is 28.8. The molecule has 2 aromatic rings. The van der Waals surface area contributed by atoms with Gasteiger partial charge >= 0.3 is 23.9 Å². The maximum atomic E-state index is 12.1. The monoisotopic (exact) mass is 526 g/mol. The molecule has 1 aliphatic rings. The minimum Gasteiger partial charge on any atom is -0.463 e. The largest absolute Gasteiger partial charge is 0.463 e. The quantitative estimate of drug-likeness (QED) is 0.357. The van der Waals surface area contributed by atoms with Crippen molar-refractivity contribution in [1.82, 2.24) is 0 Å². The Morgan fingerprint density at radius 2 is 1.29 bits per heavy atom.